The topological polar surface area (TPSA) is 60.2 Å². The average Bonchev–Trinajstić information content (AvgIpc) is 3.29. The second kappa shape index (κ2) is 5.89. The number of amides is 1. The number of hydrogen-bond donors (Lipinski definition) is 0. The highest BCUT2D eigenvalue weighted by atomic mass is 16.5. The van der Waals surface area contributed by atoms with Crippen molar-refractivity contribution < 1.29 is 9.53 Å². The van der Waals surface area contributed by atoms with E-state index in [4.69, 9.17) is 4.74 Å². The maximum Gasteiger partial charge on any atom is 0.225 e. The van der Waals surface area contributed by atoms with Crippen LogP contribution in [0.1, 0.15) is 51.5 Å². The summed E-state index contributed by atoms with van der Waals surface area (Å²) in [5.74, 6) is 1.40. The maximum absolute atomic E-state index is 12.8. The van der Waals surface area contributed by atoms with Crippen molar-refractivity contribution in [2.24, 2.45) is 11.8 Å². The highest BCUT2D eigenvalue weighted by molar-refractivity contribution is 5.79. The molecule has 2 unspecified atom stereocenters. The number of aromatic nitrogens is 3. The fourth-order valence-corrected chi connectivity index (χ4v) is 4.49. The van der Waals surface area contributed by atoms with Crippen molar-refractivity contribution in [3.8, 4) is 0 Å². The monoisotopic (exact) mass is 318 g/mol. The number of carbonyl (C=O) groups is 1. The van der Waals surface area contributed by atoms with Gasteiger partial charge in [0.1, 0.15) is 12.7 Å². The molecular formula is C17H26N4O2. The van der Waals surface area contributed by atoms with E-state index >= 15 is 0 Å². The van der Waals surface area contributed by atoms with Crippen molar-refractivity contribution in [3.05, 3.63) is 12.7 Å². The van der Waals surface area contributed by atoms with Gasteiger partial charge >= 0.3 is 0 Å². The van der Waals surface area contributed by atoms with E-state index in [0.29, 0.717) is 18.6 Å². The number of rotatable bonds is 2. The molecule has 0 bridgehead atoms. The molecule has 3 aliphatic rings. The molecule has 1 saturated carbocycles. The van der Waals surface area contributed by atoms with Crippen LogP contribution in [0.2, 0.25) is 0 Å². The fraction of sp³-hybridized carbons (Fsp3) is 0.824. The summed E-state index contributed by atoms with van der Waals surface area (Å²) in [4.78, 5) is 14.9. The Morgan fingerprint density at radius 3 is 2.70 bits per heavy atom. The van der Waals surface area contributed by atoms with Gasteiger partial charge in [-0.3, -0.25) is 4.79 Å². The molecule has 0 radical (unpaired) electrons. The lowest BCUT2D eigenvalue weighted by atomic mass is 9.82. The van der Waals surface area contributed by atoms with Gasteiger partial charge < -0.3 is 14.2 Å². The first-order chi connectivity index (χ1) is 11.2. The second-order valence-electron chi connectivity index (χ2n) is 7.73. The van der Waals surface area contributed by atoms with E-state index in [0.717, 1.165) is 44.7 Å². The quantitative estimate of drug-likeness (QED) is 0.837. The van der Waals surface area contributed by atoms with Crippen LogP contribution in [-0.2, 0) is 9.53 Å². The molecule has 2 aliphatic heterocycles. The van der Waals surface area contributed by atoms with E-state index in [1.165, 1.54) is 12.8 Å². The van der Waals surface area contributed by atoms with Crippen LogP contribution >= 0.6 is 0 Å². The van der Waals surface area contributed by atoms with Crippen LogP contribution < -0.4 is 0 Å². The lowest BCUT2D eigenvalue weighted by Crippen LogP contribution is -2.39. The van der Waals surface area contributed by atoms with E-state index in [1.54, 1.807) is 12.7 Å². The highest BCUT2D eigenvalue weighted by Gasteiger charge is 2.48. The molecule has 3 fully saturated rings. The Morgan fingerprint density at radius 1 is 1.22 bits per heavy atom. The van der Waals surface area contributed by atoms with Crippen LogP contribution in [-0.4, -0.2) is 50.9 Å². The van der Waals surface area contributed by atoms with E-state index in [-0.39, 0.29) is 11.5 Å². The van der Waals surface area contributed by atoms with Gasteiger partial charge in [0.2, 0.25) is 5.91 Å². The van der Waals surface area contributed by atoms with Crippen LogP contribution in [0.4, 0.5) is 0 Å². The molecule has 23 heavy (non-hydrogen) atoms. The van der Waals surface area contributed by atoms with Crippen molar-refractivity contribution in [2.75, 3.05) is 19.7 Å². The molecular weight excluding hydrogens is 292 g/mol. The summed E-state index contributed by atoms with van der Waals surface area (Å²) in [6, 6.07) is 0.301. The third kappa shape index (κ3) is 2.89. The minimum absolute atomic E-state index is 0.146. The molecule has 2 saturated heterocycles. The van der Waals surface area contributed by atoms with E-state index in [9.17, 15) is 4.79 Å². The first kappa shape index (κ1) is 15.1. The summed E-state index contributed by atoms with van der Waals surface area (Å²) < 4.78 is 8.18. The predicted octanol–water partition coefficient (Wildman–Crippen LogP) is 2.04. The predicted molar refractivity (Wildman–Crippen MR) is 84.7 cm³/mol. The molecule has 6 heteroatoms. The summed E-state index contributed by atoms with van der Waals surface area (Å²) in [6.07, 6.45) is 9.95. The Kier molecular flexibility index (Phi) is 3.87. The lowest BCUT2D eigenvalue weighted by molar-refractivity contribution is -0.136. The summed E-state index contributed by atoms with van der Waals surface area (Å²) in [6.45, 7) is 4.60. The number of ether oxygens (including phenoxy) is 1. The van der Waals surface area contributed by atoms with Crippen LogP contribution in [0, 0.1) is 11.8 Å². The smallest absolute Gasteiger partial charge is 0.225 e. The zero-order valence-corrected chi connectivity index (χ0v) is 13.9. The molecule has 4 rings (SSSR count). The zero-order valence-electron chi connectivity index (χ0n) is 13.9. The molecule has 0 N–H and O–H groups in total. The van der Waals surface area contributed by atoms with Gasteiger partial charge in [-0.2, -0.15) is 0 Å². The summed E-state index contributed by atoms with van der Waals surface area (Å²) >= 11 is 0. The summed E-state index contributed by atoms with van der Waals surface area (Å²) in [5.41, 5.74) is -0.146. The van der Waals surface area contributed by atoms with Crippen molar-refractivity contribution in [2.45, 2.75) is 57.1 Å². The third-order valence-electron chi connectivity index (χ3n) is 6.04. The van der Waals surface area contributed by atoms with Crippen molar-refractivity contribution in [3.63, 3.8) is 0 Å². The number of nitrogens with zero attached hydrogens (tertiary/aromatic N) is 4. The van der Waals surface area contributed by atoms with Gasteiger partial charge in [0.25, 0.3) is 0 Å². The first-order valence-corrected chi connectivity index (χ1v) is 8.92. The van der Waals surface area contributed by atoms with Crippen molar-refractivity contribution in [1.29, 1.82) is 0 Å². The molecule has 3 heterocycles. The Hall–Kier alpha value is -1.43. The van der Waals surface area contributed by atoms with Gasteiger partial charge in [0.05, 0.1) is 18.2 Å². The molecule has 1 spiro atoms. The maximum atomic E-state index is 12.8. The Labute approximate surface area is 137 Å². The van der Waals surface area contributed by atoms with E-state index < -0.39 is 0 Å². The number of carbonyl (C=O) groups excluding carboxylic acids is 1. The number of hydrogen-bond acceptors (Lipinski definition) is 4. The lowest BCUT2D eigenvalue weighted by Gasteiger charge is -2.30. The molecule has 1 aromatic rings. The average molecular weight is 318 g/mol. The van der Waals surface area contributed by atoms with Gasteiger partial charge in [0, 0.05) is 25.4 Å². The van der Waals surface area contributed by atoms with Crippen LogP contribution in [0.5, 0.6) is 0 Å². The van der Waals surface area contributed by atoms with Gasteiger partial charge in [0.15, 0.2) is 0 Å². The minimum Gasteiger partial charge on any atom is -0.371 e. The molecule has 0 aromatic carbocycles. The SMILES string of the molecule is CC1CCC(C(=O)N2CCC3(CC(n4cnnc4)CO3)C2)CC1. The van der Waals surface area contributed by atoms with Gasteiger partial charge in [-0.25, -0.2) is 0 Å². The normalized spacial score (nSPS) is 37.6. The molecule has 1 aliphatic carbocycles. The molecule has 6 nitrogen and oxygen atoms in total. The number of likely N-dealkylation sites (tertiary alicyclic amines) is 1. The van der Waals surface area contributed by atoms with Crippen molar-refractivity contribution in [1.82, 2.24) is 19.7 Å². The first-order valence-electron chi connectivity index (χ1n) is 8.92. The second-order valence-corrected chi connectivity index (χ2v) is 7.73. The van der Waals surface area contributed by atoms with Gasteiger partial charge in [-0.05, 0) is 38.0 Å². The van der Waals surface area contributed by atoms with E-state index in [2.05, 4.69) is 22.0 Å². The fourth-order valence-electron chi connectivity index (χ4n) is 4.49. The molecule has 1 aromatic heterocycles. The Morgan fingerprint density at radius 2 is 1.96 bits per heavy atom. The summed E-state index contributed by atoms with van der Waals surface area (Å²) in [7, 11) is 0. The van der Waals surface area contributed by atoms with Crippen LogP contribution in [0.25, 0.3) is 0 Å². The van der Waals surface area contributed by atoms with Gasteiger partial charge in [-0.1, -0.05) is 6.92 Å². The Bertz CT molecular complexity index is 553. The molecule has 2 atom stereocenters. The zero-order chi connectivity index (χ0) is 15.9. The third-order valence-corrected chi connectivity index (χ3v) is 6.04. The largest absolute Gasteiger partial charge is 0.371 e. The van der Waals surface area contributed by atoms with Crippen LogP contribution in [0.15, 0.2) is 12.7 Å². The minimum atomic E-state index is -0.146. The summed E-state index contributed by atoms with van der Waals surface area (Å²) in [5, 5.41) is 7.77. The van der Waals surface area contributed by atoms with Crippen molar-refractivity contribution >= 4 is 5.91 Å². The Balaban J connectivity index is 1.37. The van der Waals surface area contributed by atoms with Gasteiger partial charge in [-0.15, -0.1) is 10.2 Å². The standard InChI is InChI=1S/C17H26N4O2/c1-13-2-4-14(5-3-13)16(22)20-7-6-17(10-20)8-15(9-23-17)21-11-18-19-12-21/h11-15H,2-10H2,1H3. The van der Waals surface area contributed by atoms with E-state index in [1.807, 2.05) is 4.57 Å². The molecule has 126 valence electrons. The molecule has 1 amide bonds. The highest BCUT2D eigenvalue weighted by Crippen LogP contribution is 2.41. The van der Waals surface area contributed by atoms with Crippen LogP contribution in [0.3, 0.4) is 0 Å².